The maximum Gasteiger partial charge on any atom is 0.448 e. The van der Waals surface area contributed by atoms with Crippen LogP contribution in [0.3, 0.4) is 0 Å². The normalized spacial score (nSPS) is 11.6. The highest BCUT2D eigenvalue weighted by atomic mass is 19.4. The number of rotatable bonds is 0. The van der Waals surface area contributed by atoms with Gasteiger partial charge in [0.25, 0.3) is 5.97 Å². The van der Waals surface area contributed by atoms with E-state index in [1.165, 1.54) is 0 Å². The summed E-state index contributed by atoms with van der Waals surface area (Å²) in [6.07, 6.45) is -4.46. The summed E-state index contributed by atoms with van der Waals surface area (Å²) in [6.45, 7) is 1.08. The Morgan fingerprint density at radius 1 is 1.50 bits per heavy atom. The van der Waals surface area contributed by atoms with E-state index in [4.69, 9.17) is 9.90 Å². The van der Waals surface area contributed by atoms with Gasteiger partial charge in [-0.05, 0) is 0 Å². The molecule has 0 aliphatic carbocycles. The first-order valence-electron chi connectivity index (χ1n) is 2.70. The summed E-state index contributed by atoms with van der Waals surface area (Å²) in [7, 11) is 0.989. The zero-order chi connectivity index (χ0) is 10.4. The summed E-state index contributed by atoms with van der Waals surface area (Å²) in [5.74, 6) is -2.13. The van der Waals surface area contributed by atoms with Crippen LogP contribution in [0.5, 0.6) is 0 Å². The van der Waals surface area contributed by atoms with Crippen LogP contribution in [0.15, 0.2) is 4.99 Å². The van der Waals surface area contributed by atoms with Gasteiger partial charge in [0.1, 0.15) is 0 Å². The fourth-order valence-electron chi connectivity index (χ4n) is 0.127. The summed E-state index contributed by atoms with van der Waals surface area (Å²) < 4.78 is 33.6. The van der Waals surface area contributed by atoms with Crippen molar-refractivity contribution < 1.29 is 23.1 Å². The molecule has 0 fully saturated rings. The second-order valence-corrected chi connectivity index (χ2v) is 1.63. The minimum atomic E-state index is -4.46. The number of nitrogens with zero attached hydrogens (tertiary/aromatic N) is 1. The van der Waals surface area contributed by atoms with E-state index in [1.54, 1.807) is 0 Å². The fourth-order valence-corrected chi connectivity index (χ4v) is 0.127. The lowest BCUT2D eigenvalue weighted by Gasteiger charge is -2.01. The molecule has 0 spiro atoms. The van der Waals surface area contributed by atoms with Gasteiger partial charge in [-0.1, -0.05) is 0 Å². The van der Waals surface area contributed by atoms with Crippen molar-refractivity contribution in [3.63, 3.8) is 0 Å². The lowest BCUT2D eigenvalue weighted by molar-refractivity contribution is -0.134. The molecule has 0 saturated carbocycles. The first-order chi connectivity index (χ1) is 5.21. The van der Waals surface area contributed by atoms with Gasteiger partial charge < -0.3 is 10.8 Å². The fraction of sp³-hybridized carbons (Fsp3) is 0.600. The van der Waals surface area contributed by atoms with Gasteiger partial charge in [-0.25, -0.2) is 0 Å². The molecule has 0 saturated heterocycles. The quantitative estimate of drug-likeness (QED) is 0.430. The van der Waals surface area contributed by atoms with Gasteiger partial charge in [0.2, 0.25) is 5.84 Å². The molecule has 72 valence electrons. The van der Waals surface area contributed by atoms with E-state index in [1.807, 2.05) is 0 Å². The predicted molar refractivity (Wildman–Crippen MR) is 36.9 cm³/mol. The number of aliphatic carboxylic acids is 1. The maximum absolute atomic E-state index is 11.2. The van der Waals surface area contributed by atoms with E-state index < -0.39 is 18.0 Å². The molecule has 0 atom stereocenters. The monoisotopic (exact) mass is 186 g/mol. The molecule has 0 amide bonds. The predicted octanol–water partition coefficient (Wildman–Crippen LogP) is 0.627. The highest BCUT2D eigenvalue weighted by Gasteiger charge is 2.32. The molecule has 12 heavy (non-hydrogen) atoms. The molecule has 0 aromatic heterocycles. The number of carboxylic acid groups (broad SMARTS) is 1. The summed E-state index contributed by atoms with van der Waals surface area (Å²) in [5, 5.41) is 7.42. The van der Waals surface area contributed by atoms with Crippen molar-refractivity contribution in [2.45, 2.75) is 13.1 Å². The third-order valence-corrected chi connectivity index (χ3v) is 0.531. The highest BCUT2D eigenvalue weighted by molar-refractivity contribution is 5.85. The molecule has 0 aromatic carbocycles. The van der Waals surface area contributed by atoms with Crippen molar-refractivity contribution >= 4 is 11.8 Å². The largest absolute Gasteiger partial charge is 0.481 e. The summed E-state index contributed by atoms with van der Waals surface area (Å²) in [5.41, 5.74) is 4.38. The molecule has 0 bridgehead atoms. The number of hydrogen-bond donors (Lipinski definition) is 2. The molecular formula is C5H9F3N2O2. The summed E-state index contributed by atoms with van der Waals surface area (Å²) in [6, 6.07) is 0. The topological polar surface area (TPSA) is 75.7 Å². The van der Waals surface area contributed by atoms with Crippen molar-refractivity contribution in [3.05, 3.63) is 0 Å². The molecule has 0 aliphatic rings. The first kappa shape index (κ1) is 13.3. The van der Waals surface area contributed by atoms with Crippen LogP contribution >= 0.6 is 0 Å². The maximum atomic E-state index is 11.2. The Balaban J connectivity index is 0. The van der Waals surface area contributed by atoms with Gasteiger partial charge in [-0.15, -0.1) is 0 Å². The Morgan fingerprint density at radius 2 is 1.75 bits per heavy atom. The van der Waals surface area contributed by atoms with Crippen LogP contribution in [0.1, 0.15) is 6.92 Å². The second kappa shape index (κ2) is 5.39. The van der Waals surface area contributed by atoms with Crippen molar-refractivity contribution in [1.29, 1.82) is 0 Å². The minimum Gasteiger partial charge on any atom is -0.481 e. The number of aliphatic imine (C=N–C) groups is 1. The zero-order valence-electron chi connectivity index (χ0n) is 6.51. The number of hydrogen-bond acceptors (Lipinski definition) is 2. The zero-order valence-corrected chi connectivity index (χ0v) is 6.51. The van der Waals surface area contributed by atoms with E-state index in [-0.39, 0.29) is 0 Å². The van der Waals surface area contributed by atoms with Gasteiger partial charge in [-0.2, -0.15) is 13.2 Å². The van der Waals surface area contributed by atoms with Gasteiger partial charge in [0, 0.05) is 14.0 Å². The van der Waals surface area contributed by atoms with Crippen LogP contribution in [0.25, 0.3) is 0 Å². The average Bonchev–Trinajstić information content (AvgIpc) is 1.82. The lowest BCUT2D eigenvalue weighted by Crippen LogP contribution is -2.30. The Hall–Kier alpha value is -1.27. The smallest absolute Gasteiger partial charge is 0.448 e. The van der Waals surface area contributed by atoms with Crippen molar-refractivity contribution in [2.75, 3.05) is 7.05 Å². The van der Waals surface area contributed by atoms with Gasteiger partial charge in [0.15, 0.2) is 0 Å². The molecule has 0 aromatic rings. The molecule has 0 radical (unpaired) electrons. The third kappa shape index (κ3) is 11.5. The Bertz CT molecular complexity index is 172. The van der Waals surface area contributed by atoms with Gasteiger partial charge in [0.05, 0.1) is 0 Å². The molecule has 4 nitrogen and oxygen atoms in total. The van der Waals surface area contributed by atoms with E-state index in [2.05, 4.69) is 10.7 Å². The molecule has 0 heterocycles. The lowest BCUT2D eigenvalue weighted by atomic mass is 10.6. The molecule has 0 unspecified atom stereocenters. The Morgan fingerprint density at radius 3 is 1.75 bits per heavy atom. The van der Waals surface area contributed by atoms with Crippen LogP contribution in [0, 0.1) is 0 Å². The van der Waals surface area contributed by atoms with Gasteiger partial charge >= 0.3 is 6.18 Å². The number of halogens is 3. The minimum absolute atomic E-state index is 0.833. The van der Waals surface area contributed by atoms with Crippen LogP contribution in [0.2, 0.25) is 0 Å². The number of carbonyl (C=O) groups is 1. The molecular weight excluding hydrogens is 177 g/mol. The van der Waals surface area contributed by atoms with E-state index in [9.17, 15) is 13.2 Å². The van der Waals surface area contributed by atoms with Crippen LogP contribution in [0.4, 0.5) is 13.2 Å². The van der Waals surface area contributed by atoms with E-state index in [0.717, 1.165) is 14.0 Å². The van der Waals surface area contributed by atoms with Gasteiger partial charge in [-0.3, -0.25) is 9.79 Å². The molecule has 0 aliphatic heterocycles. The first-order valence-corrected chi connectivity index (χ1v) is 2.70. The van der Waals surface area contributed by atoms with Crippen molar-refractivity contribution in [1.82, 2.24) is 0 Å². The molecule has 0 rings (SSSR count). The van der Waals surface area contributed by atoms with E-state index in [0.29, 0.717) is 0 Å². The van der Waals surface area contributed by atoms with E-state index >= 15 is 0 Å². The number of amidine groups is 1. The van der Waals surface area contributed by atoms with Crippen molar-refractivity contribution in [2.24, 2.45) is 10.7 Å². The van der Waals surface area contributed by atoms with Crippen LogP contribution in [-0.2, 0) is 4.79 Å². The number of carboxylic acids is 1. The summed E-state index contributed by atoms with van der Waals surface area (Å²) in [4.78, 5) is 11.7. The standard InChI is InChI=1S/C3H5F3N2.C2H4O2/c1-8-2(7)3(4,5)6;1-2(3)4/h1H3,(H2,7,8);1H3,(H,3,4). The molecule has 7 heteroatoms. The third-order valence-electron chi connectivity index (χ3n) is 0.531. The average molecular weight is 186 g/mol. The Labute approximate surface area is 66.9 Å². The van der Waals surface area contributed by atoms with Crippen molar-refractivity contribution in [3.8, 4) is 0 Å². The molecule has 3 N–H and O–H groups in total. The van der Waals surface area contributed by atoms with Crippen LogP contribution < -0.4 is 5.73 Å². The SMILES string of the molecule is CC(=O)O.CN=C(N)C(F)(F)F. The number of nitrogens with two attached hydrogens (primary N) is 1. The second-order valence-electron chi connectivity index (χ2n) is 1.63. The van der Waals surface area contributed by atoms with Crippen LogP contribution in [-0.4, -0.2) is 30.1 Å². The summed E-state index contributed by atoms with van der Waals surface area (Å²) >= 11 is 0. The number of alkyl halides is 3. The Kier molecular flexibility index (Phi) is 5.99. The highest BCUT2D eigenvalue weighted by Crippen LogP contribution is 2.13.